The minimum atomic E-state index is -0.220. The molecule has 4 heteroatoms. The fourth-order valence-corrected chi connectivity index (χ4v) is 4.72. The van der Waals surface area contributed by atoms with E-state index in [0.29, 0.717) is 5.92 Å². The van der Waals surface area contributed by atoms with Crippen LogP contribution in [0.3, 0.4) is 0 Å². The summed E-state index contributed by atoms with van der Waals surface area (Å²) in [6, 6.07) is 18.8. The first kappa shape index (κ1) is 18.5. The van der Waals surface area contributed by atoms with Crippen LogP contribution in [0.15, 0.2) is 54.6 Å². The highest BCUT2D eigenvalue weighted by Gasteiger charge is 2.42. The third-order valence-electron chi connectivity index (χ3n) is 6.16. The molecule has 1 saturated heterocycles. The molecular formula is C23H27ClN2O. The Morgan fingerprint density at radius 3 is 2.41 bits per heavy atom. The van der Waals surface area contributed by atoms with E-state index < -0.39 is 0 Å². The Morgan fingerprint density at radius 1 is 1.11 bits per heavy atom. The number of hydrogen-bond acceptors (Lipinski definition) is 2. The maximum atomic E-state index is 11.8. The largest absolute Gasteiger partial charge is 0.347 e. The summed E-state index contributed by atoms with van der Waals surface area (Å²) in [6.07, 6.45) is 3.21. The summed E-state index contributed by atoms with van der Waals surface area (Å²) in [5, 5.41) is 4.07. The van der Waals surface area contributed by atoms with E-state index in [9.17, 15) is 4.79 Å². The van der Waals surface area contributed by atoms with Gasteiger partial charge in [0, 0.05) is 31.6 Å². The summed E-state index contributed by atoms with van der Waals surface area (Å²) >= 11 is 6.00. The Labute approximate surface area is 166 Å². The number of nitrogens with zero attached hydrogens (tertiary/aromatic N) is 1. The molecule has 2 fully saturated rings. The third kappa shape index (κ3) is 4.20. The van der Waals surface area contributed by atoms with E-state index in [-0.39, 0.29) is 11.4 Å². The zero-order valence-corrected chi connectivity index (χ0v) is 16.6. The molecule has 0 unspecified atom stereocenters. The van der Waals surface area contributed by atoms with Gasteiger partial charge in [0.25, 0.3) is 0 Å². The average Bonchev–Trinajstić information content (AvgIpc) is 3.43. The van der Waals surface area contributed by atoms with Crippen molar-refractivity contribution < 1.29 is 4.79 Å². The molecule has 1 saturated carbocycles. The second kappa shape index (κ2) is 7.65. The van der Waals surface area contributed by atoms with Crippen LogP contribution in [-0.4, -0.2) is 30.4 Å². The van der Waals surface area contributed by atoms with Gasteiger partial charge in [0.05, 0.1) is 5.54 Å². The summed E-state index contributed by atoms with van der Waals surface area (Å²) in [5.74, 6) is 1.48. The Bertz CT molecular complexity index is 782. The summed E-state index contributed by atoms with van der Waals surface area (Å²) in [6.45, 7) is 4.83. The van der Waals surface area contributed by atoms with E-state index in [0.717, 1.165) is 43.4 Å². The fourth-order valence-electron chi connectivity index (χ4n) is 4.60. The first-order valence-corrected chi connectivity index (χ1v) is 10.3. The van der Waals surface area contributed by atoms with Gasteiger partial charge in [-0.3, -0.25) is 4.79 Å². The molecule has 2 aliphatic rings. The second-order valence-electron chi connectivity index (χ2n) is 8.08. The van der Waals surface area contributed by atoms with Crippen molar-refractivity contribution in [1.82, 2.24) is 10.2 Å². The summed E-state index contributed by atoms with van der Waals surface area (Å²) in [4.78, 5) is 14.4. The highest BCUT2D eigenvalue weighted by molar-refractivity contribution is 6.30. The number of carbonyl (C=O) groups excluding carboxylic acids is 1. The highest BCUT2D eigenvalue weighted by atomic mass is 35.5. The molecule has 0 aromatic heterocycles. The van der Waals surface area contributed by atoms with Crippen LogP contribution in [0.4, 0.5) is 0 Å². The lowest BCUT2D eigenvalue weighted by Crippen LogP contribution is -2.52. The first-order valence-electron chi connectivity index (χ1n) is 9.88. The van der Waals surface area contributed by atoms with E-state index >= 15 is 0 Å². The first-order chi connectivity index (χ1) is 13.1. The molecule has 2 aromatic rings. The van der Waals surface area contributed by atoms with Crippen LogP contribution in [0.2, 0.25) is 5.02 Å². The number of amides is 1. The van der Waals surface area contributed by atoms with Gasteiger partial charge < -0.3 is 10.2 Å². The molecular weight excluding hydrogens is 356 g/mol. The van der Waals surface area contributed by atoms with Gasteiger partial charge in [0.1, 0.15) is 0 Å². The lowest BCUT2D eigenvalue weighted by molar-refractivity contribution is -0.121. The van der Waals surface area contributed by atoms with Gasteiger partial charge >= 0.3 is 0 Å². The zero-order chi connectivity index (χ0) is 18.9. The summed E-state index contributed by atoms with van der Waals surface area (Å²) in [7, 11) is 0. The van der Waals surface area contributed by atoms with Crippen LogP contribution in [-0.2, 0) is 10.3 Å². The highest BCUT2D eigenvalue weighted by Crippen LogP contribution is 2.48. The number of likely N-dealkylation sites (tertiary alicyclic amines) is 1. The molecule has 0 radical (unpaired) electrons. The Hall–Kier alpha value is -1.84. The van der Waals surface area contributed by atoms with Crippen molar-refractivity contribution in [2.75, 3.05) is 19.6 Å². The Balaban J connectivity index is 1.36. The van der Waals surface area contributed by atoms with Crippen LogP contribution in [0, 0.1) is 5.92 Å². The van der Waals surface area contributed by atoms with Gasteiger partial charge in [0.15, 0.2) is 0 Å². The van der Waals surface area contributed by atoms with Gasteiger partial charge in [-0.25, -0.2) is 0 Å². The zero-order valence-electron chi connectivity index (χ0n) is 15.8. The molecule has 2 atom stereocenters. The van der Waals surface area contributed by atoms with Crippen LogP contribution >= 0.6 is 11.6 Å². The molecule has 4 rings (SSSR count). The van der Waals surface area contributed by atoms with E-state index in [2.05, 4.69) is 46.6 Å². The monoisotopic (exact) mass is 382 g/mol. The van der Waals surface area contributed by atoms with Gasteiger partial charge in [-0.1, -0.05) is 54.1 Å². The molecule has 1 aliphatic heterocycles. The Kier molecular flexibility index (Phi) is 5.25. The third-order valence-corrected chi connectivity index (χ3v) is 6.42. The van der Waals surface area contributed by atoms with Gasteiger partial charge in [-0.05, 0) is 54.4 Å². The Morgan fingerprint density at radius 2 is 1.78 bits per heavy atom. The minimum absolute atomic E-state index is 0.0531. The molecule has 0 spiro atoms. The quantitative estimate of drug-likeness (QED) is 0.821. The van der Waals surface area contributed by atoms with Crippen molar-refractivity contribution in [3.8, 4) is 0 Å². The molecule has 27 heavy (non-hydrogen) atoms. The normalized spacial score (nSPS) is 24.4. The van der Waals surface area contributed by atoms with Crippen molar-refractivity contribution in [3.05, 3.63) is 70.7 Å². The maximum absolute atomic E-state index is 11.8. The molecule has 3 nitrogen and oxygen atoms in total. The lowest BCUT2D eigenvalue weighted by atomic mass is 9.80. The molecule has 0 bridgehead atoms. The number of rotatable bonds is 5. The average molecular weight is 383 g/mol. The van der Waals surface area contributed by atoms with Crippen molar-refractivity contribution in [1.29, 1.82) is 0 Å². The lowest BCUT2D eigenvalue weighted by Gasteiger charge is -2.43. The molecule has 2 aromatic carbocycles. The fraction of sp³-hybridized carbons (Fsp3) is 0.435. The predicted molar refractivity (Wildman–Crippen MR) is 110 cm³/mol. The topological polar surface area (TPSA) is 32.3 Å². The van der Waals surface area contributed by atoms with E-state index in [1.165, 1.54) is 17.5 Å². The number of piperidine rings is 1. The van der Waals surface area contributed by atoms with Crippen molar-refractivity contribution in [3.63, 3.8) is 0 Å². The number of nitrogens with one attached hydrogen (secondary N) is 1. The standard InChI is InChI=1S/C23H27ClN2O/c1-17(27)25-23(20-5-3-2-4-6-20)11-13-26(14-12-23)16-19-15-22(19)18-7-9-21(24)10-8-18/h2-10,19,22H,11-16H2,1H3,(H,25,27)/t19-,22+/m0/s1. The SMILES string of the molecule is CC(=O)NC1(c2ccccc2)CCN(C[C@@H]2C[C@@H]2c2ccc(Cl)cc2)CC1. The molecule has 142 valence electrons. The number of halogens is 1. The molecule has 1 N–H and O–H groups in total. The maximum Gasteiger partial charge on any atom is 0.217 e. The van der Waals surface area contributed by atoms with Crippen molar-refractivity contribution in [2.24, 2.45) is 5.92 Å². The second-order valence-corrected chi connectivity index (χ2v) is 8.52. The van der Waals surface area contributed by atoms with Crippen molar-refractivity contribution in [2.45, 2.75) is 37.6 Å². The van der Waals surface area contributed by atoms with Crippen LogP contribution in [0.1, 0.15) is 43.2 Å². The smallest absolute Gasteiger partial charge is 0.217 e. The van der Waals surface area contributed by atoms with E-state index in [4.69, 9.17) is 11.6 Å². The van der Waals surface area contributed by atoms with Gasteiger partial charge in [-0.15, -0.1) is 0 Å². The number of benzene rings is 2. The van der Waals surface area contributed by atoms with E-state index in [1.54, 1.807) is 6.92 Å². The summed E-state index contributed by atoms with van der Waals surface area (Å²) < 4.78 is 0. The number of carbonyl (C=O) groups is 1. The van der Waals surface area contributed by atoms with Crippen molar-refractivity contribution >= 4 is 17.5 Å². The molecule has 1 aliphatic carbocycles. The number of hydrogen-bond donors (Lipinski definition) is 1. The van der Waals surface area contributed by atoms with Crippen LogP contribution in [0.5, 0.6) is 0 Å². The van der Waals surface area contributed by atoms with Gasteiger partial charge in [0.2, 0.25) is 5.91 Å². The summed E-state index contributed by atoms with van der Waals surface area (Å²) in [5.41, 5.74) is 2.42. The predicted octanol–water partition coefficient (Wildman–Crippen LogP) is 4.57. The van der Waals surface area contributed by atoms with Crippen LogP contribution < -0.4 is 5.32 Å². The van der Waals surface area contributed by atoms with E-state index in [1.807, 2.05) is 18.2 Å². The minimum Gasteiger partial charge on any atom is -0.347 e. The molecule has 1 amide bonds. The molecule has 1 heterocycles. The van der Waals surface area contributed by atoms with Crippen LogP contribution in [0.25, 0.3) is 0 Å². The van der Waals surface area contributed by atoms with Gasteiger partial charge in [-0.2, -0.15) is 0 Å².